The minimum atomic E-state index is 0.550. The summed E-state index contributed by atoms with van der Waals surface area (Å²) < 4.78 is 0. The molecule has 1 aromatic carbocycles. The van der Waals surface area contributed by atoms with Crippen molar-refractivity contribution in [3.63, 3.8) is 0 Å². The summed E-state index contributed by atoms with van der Waals surface area (Å²) in [5.41, 5.74) is 1.25. The molecule has 3 heteroatoms. The van der Waals surface area contributed by atoms with E-state index in [2.05, 4.69) is 19.2 Å². The number of nitrogens with one attached hydrogen (secondary N) is 1. The summed E-state index contributed by atoms with van der Waals surface area (Å²) in [6, 6.07) is 6.41. The molecular formula is C13H19Cl2N. The summed E-state index contributed by atoms with van der Waals surface area (Å²) in [5, 5.41) is 4.74. The molecule has 90 valence electrons. The van der Waals surface area contributed by atoms with Crippen molar-refractivity contribution in [2.24, 2.45) is 0 Å². The van der Waals surface area contributed by atoms with Crippen molar-refractivity contribution >= 4 is 23.2 Å². The van der Waals surface area contributed by atoms with E-state index in [1.54, 1.807) is 0 Å². The molecule has 1 unspecified atom stereocenters. The summed E-state index contributed by atoms with van der Waals surface area (Å²) in [5.74, 6) is 0. The highest BCUT2D eigenvalue weighted by Crippen LogP contribution is 2.23. The zero-order chi connectivity index (χ0) is 12.0. The van der Waals surface area contributed by atoms with Gasteiger partial charge in [-0.15, -0.1) is 0 Å². The van der Waals surface area contributed by atoms with Gasteiger partial charge in [-0.3, -0.25) is 0 Å². The second kappa shape index (κ2) is 7.16. The SMILES string of the molecule is CCCNC(C)CCc1ccc(Cl)c(Cl)c1. The van der Waals surface area contributed by atoms with E-state index in [1.165, 1.54) is 12.0 Å². The van der Waals surface area contributed by atoms with Crippen LogP contribution < -0.4 is 5.32 Å². The van der Waals surface area contributed by atoms with Gasteiger partial charge in [-0.05, 0) is 50.4 Å². The highest BCUT2D eigenvalue weighted by molar-refractivity contribution is 6.42. The molecule has 0 aliphatic rings. The Morgan fingerprint density at radius 1 is 1.25 bits per heavy atom. The fraction of sp³-hybridized carbons (Fsp3) is 0.538. The number of benzene rings is 1. The maximum atomic E-state index is 5.97. The predicted octanol–water partition coefficient (Wildman–Crippen LogP) is 4.31. The molecule has 0 bridgehead atoms. The first-order valence-electron chi connectivity index (χ1n) is 5.80. The fourth-order valence-electron chi connectivity index (χ4n) is 1.57. The van der Waals surface area contributed by atoms with E-state index in [1.807, 2.05) is 18.2 Å². The highest BCUT2D eigenvalue weighted by atomic mass is 35.5. The van der Waals surface area contributed by atoms with Gasteiger partial charge >= 0.3 is 0 Å². The molecule has 0 aromatic heterocycles. The smallest absolute Gasteiger partial charge is 0.0595 e. The Kier molecular flexibility index (Phi) is 6.18. The van der Waals surface area contributed by atoms with Crippen molar-refractivity contribution in [3.05, 3.63) is 33.8 Å². The molecular weight excluding hydrogens is 241 g/mol. The second-order valence-electron chi connectivity index (χ2n) is 4.14. The molecule has 0 heterocycles. The van der Waals surface area contributed by atoms with E-state index >= 15 is 0 Å². The lowest BCUT2D eigenvalue weighted by Gasteiger charge is -2.13. The normalized spacial score (nSPS) is 12.8. The largest absolute Gasteiger partial charge is 0.314 e. The van der Waals surface area contributed by atoms with E-state index in [-0.39, 0.29) is 0 Å². The third kappa shape index (κ3) is 4.73. The molecule has 1 rings (SSSR count). The van der Waals surface area contributed by atoms with E-state index in [0.717, 1.165) is 19.4 Å². The molecule has 1 nitrogen and oxygen atoms in total. The van der Waals surface area contributed by atoms with Crippen LogP contribution in [0.3, 0.4) is 0 Å². The lowest BCUT2D eigenvalue weighted by Crippen LogP contribution is -2.27. The van der Waals surface area contributed by atoms with Gasteiger partial charge in [-0.1, -0.05) is 36.2 Å². The van der Waals surface area contributed by atoms with Crippen LogP contribution in [0.1, 0.15) is 32.3 Å². The zero-order valence-corrected chi connectivity index (χ0v) is 11.4. The summed E-state index contributed by atoms with van der Waals surface area (Å²) in [7, 11) is 0. The summed E-state index contributed by atoms with van der Waals surface area (Å²) >= 11 is 11.8. The summed E-state index contributed by atoms with van der Waals surface area (Å²) in [6.07, 6.45) is 3.34. The molecule has 0 radical (unpaired) electrons. The predicted molar refractivity (Wildman–Crippen MR) is 72.5 cm³/mol. The lowest BCUT2D eigenvalue weighted by molar-refractivity contribution is 0.514. The van der Waals surface area contributed by atoms with Gasteiger partial charge in [-0.25, -0.2) is 0 Å². The Bertz CT molecular complexity index is 326. The number of rotatable bonds is 6. The van der Waals surface area contributed by atoms with Gasteiger partial charge in [0.1, 0.15) is 0 Å². The van der Waals surface area contributed by atoms with Crippen LogP contribution in [0.5, 0.6) is 0 Å². The molecule has 0 amide bonds. The minimum absolute atomic E-state index is 0.550. The van der Waals surface area contributed by atoms with Crippen molar-refractivity contribution in [2.75, 3.05) is 6.54 Å². The van der Waals surface area contributed by atoms with Crippen LogP contribution in [0.4, 0.5) is 0 Å². The molecule has 1 aromatic rings. The molecule has 0 spiro atoms. The van der Waals surface area contributed by atoms with Crippen molar-refractivity contribution < 1.29 is 0 Å². The molecule has 1 N–H and O–H groups in total. The van der Waals surface area contributed by atoms with Crippen molar-refractivity contribution in [1.29, 1.82) is 0 Å². The van der Waals surface area contributed by atoms with Crippen LogP contribution >= 0.6 is 23.2 Å². The molecule has 0 aliphatic carbocycles. The maximum absolute atomic E-state index is 5.97. The van der Waals surface area contributed by atoms with Gasteiger partial charge in [0.05, 0.1) is 10.0 Å². The molecule has 0 fully saturated rings. The van der Waals surface area contributed by atoms with Crippen LogP contribution in [0.15, 0.2) is 18.2 Å². The lowest BCUT2D eigenvalue weighted by atomic mass is 10.1. The van der Waals surface area contributed by atoms with Gasteiger partial charge in [0.25, 0.3) is 0 Å². The number of halogens is 2. The molecule has 0 saturated carbocycles. The third-order valence-corrected chi connectivity index (χ3v) is 3.33. The van der Waals surface area contributed by atoms with Crippen LogP contribution in [0, 0.1) is 0 Å². The van der Waals surface area contributed by atoms with Crippen LogP contribution in [-0.2, 0) is 6.42 Å². The number of hydrogen-bond donors (Lipinski definition) is 1. The first kappa shape index (κ1) is 13.8. The Morgan fingerprint density at radius 3 is 2.62 bits per heavy atom. The van der Waals surface area contributed by atoms with Gasteiger partial charge in [-0.2, -0.15) is 0 Å². The third-order valence-electron chi connectivity index (χ3n) is 2.59. The van der Waals surface area contributed by atoms with Crippen molar-refractivity contribution in [2.45, 2.75) is 39.2 Å². The molecule has 16 heavy (non-hydrogen) atoms. The Balaban J connectivity index is 2.39. The highest BCUT2D eigenvalue weighted by Gasteiger charge is 2.03. The van der Waals surface area contributed by atoms with Crippen molar-refractivity contribution in [3.8, 4) is 0 Å². The Labute approximate surface area is 108 Å². The molecule has 1 atom stereocenters. The minimum Gasteiger partial charge on any atom is -0.314 e. The van der Waals surface area contributed by atoms with Crippen LogP contribution in [0.2, 0.25) is 10.0 Å². The van der Waals surface area contributed by atoms with Crippen LogP contribution in [-0.4, -0.2) is 12.6 Å². The van der Waals surface area contributed by atoms with Gasteiger partial charge in [0.2, 0.25) is 0 Å². The van der Waals surface area contributed by atoms with Gasteiger partial charge < -0.3 is 5.32 Å². The summed E-state index contributed by atoms with van der Waals surface area (Å²) in [6.45, 7) is 5.48. The quantitative estimate of drug-likeness (QED) is 0.803. The fourth-order valence-corrected chi connectivity index (χ4v) is 1.89. The van der Waals surface area contributed by atoms with Gasteiger partial charge in [0.15, 0.2) is 0 Å². The Hall–Kier alpha value is -0.240. The first-order chi connectivity index (χ1) is 7.63. The van der Waals surface area contributed by atoms with E-state index < -0.39 is 0 Å². The molecule has 0 aliphatic heterocycles. The monoisotopic (exact) mass is 259 g/mol. The first-order valence-corrected chi connectivity index (χ1v) is 6.56. The number of aryl methyl sites for hydroxylation is 1. The maximum Gasteiger partial charge on any atom is 0.0595 e. The van der Waals surface area contributed by atoms with Crippen LogP contribution in [0.25, 0.3) is 0 Å². The second-order valence-corrected chi connectivity index (χ2v) is 4.96. The van der Waals surface area contributed by atoms with Gasteiger partial charge in [0, 0.05) is 6.04 Å². The number of hydrogen-bond acceptors (Lipinski definition) is 1. The van der Waals surface area contributed by atoms with E-state index in [9.17, 15) is 0 Å². The average molecular weight is 260 g/mol. The van der Waals surface area contributed by atoms with E-state index in [0.29, 0.717) is 16.1 Å². The van der Waals surface area contributed by atoms with E-state index in [4.69, 9.17) is 23.2 Å². The standard InChI is InChI=1S/C13H19Cl2N/c1-3-8-16-10(2)4-5-11-6-7-12(14)13(15)9-11/h6-7,9-10,16H,3-5,8H2,1-2H3. The topological polar surface area (TPSA) is 12.0 Å². The molecule has 0 saturated heterocycles. The Morgan fingerprint density at radius 2 is 2.00 bits per heavy atom. The van der Waals surface area contributed by atoms with Crippen molar-refractivity contribution in [1.82, 2.24) is 5.32 Å². The zero-order valence-electron chi connectivity index (χ0n) is 9.89. The average Bonchev–Trinajstić information content (AvgIpc) is 2.28. The summed E-state index contributed by atoms with van der Waals surface area (Å²) in [4.78, 5) is 0.